The maximum absolute atomic E-state index is 12.3. The molecule has 1 atom stereocenters. The van der Waals surface area contributed by atoms with E-state index < -0.39 is 6.04 Å². The maximum atomic E-state index is 12.3. The Labute approximate surface area is 124 Å². The lowest BCUT2D eigenvalue weighted by molar-refractivity contribution is -0.134. The first-order valence-electron chi connectivity index (χ1n) is 7.10. The largest absolute Gasteiger partial charge is 0.368 e. The van der Waals surface area contributed by atoms with E-state index in [1.165, 1.54) is 0 Å². The number of nitrogens with one attached hydrogen (secondary N) is 1. The Bertz CT molecular complexity index is 492. The molecule has 0 saturated carbocycles. The van der Waals surface area contributed by atoms with Gasteiger partial charge in [0.1, 0.15) is 6.04 Å². The second kappa shape index (κ2) is 7.19. The minimum atomic E-state index is -0.409. The molecule has 0 spiro atoms. The van der Waals surface area contributed by atoms with E-state index in [1.807, 2.05) is 35.2 Å². The van der Waals surface area contributed by atoms with Gasteiger partial charge in [-0.2, -0.15) is 0 Å². The van der Waals surface area contributed by atoms with Crippen LogP contribution in [0.15, 0.2) is 30.3 Å². The molecule has 21 heavy (non-hydrogen) atoms. The van der Waals surface area contributed by atoms with E-state index in [0.29, 0.717) is 19.6 Å². The molecular formula is C15H22N4O2. The van der Waals surface area contributed by atoms with Gasteiger partial charge in [-0.05, 0) is 5.56 Å². The Balaban J connectivity index is 1.91. The van der Waals surface area contributed by atoms with Crippen LogP contribution in [0.25, 0.3) is 0 Å². The summed E-state index contributed by atoms with van der Waals surface area (Å²) >= 11 is 0. The molecule has 1 saturated heterocycles. The van der Waals surface area contributed by atoms with E-state index in [4.69, 9.17) is 5.73 Å². The predicted molar refractivity (Wildman–Crippen MR) is 80.3 cm³/mol. The Kier molecular flexibility index (Phi) is 5.30. The number of primary amides is 1. The molecule has 114 valence electrons. The molecule has 1 aromatic rings. The number of benzene rings is 1. The van der Waals surface area contributed by atoms with Crippen molar-refractivity contribution in [3.05, 3.63) is 35.9 Å². The summed E-state index contributed by atoms with van der Waals surface area (Å²) in [6.07, 6.45) is 0. The van der Waals surface area contributed by atoms with Crippen LogP contribution in [0.5, 0.6) is 0 Å². The second-order valence-electron chi connectivity index (χ2n) is 5.33. The molecule has 6 heteroatoms. The van der Waals surface area contributed by atoms with Gasteiger partial charge in [0.25, 0.3) is 0 Å². The number of nitrogens with zero attached hydrogens (tertiary/aromatic N) is 2. The summed E-state index contributed by atoms with van der Waals surface area (Å²) in [5.74, 6) is -0.396. The highest BCUT2D eigenvalue weighted by Crippen LogP contribution is 2.06. The fraction of sp³-hybridized carbons (Fsp3) is 0.467. The van der Waals surface area contributed by atoms with Crippen molar-refractivity contribution in [2.45, 2.75) is 12.6 Å². The lowest BCUT2D eigenvalue weighted by Gasteiger charge is -2.34. The van der Waals surface area contributed by atoms with Crippen molar-refractivity contribution in [3.8, 4) is 0 Å². The molecule has 1 aliphatic rings. The second-order valence-corrected chi connectivity index (χ2v) is 5.33. The lowest BCUT2D eigenvalue weighted by Crippen LogP contribution is -2.58. The highest BCUT2D eigenvalue weighted by atomic mass is 16.2. The van der Waals surface area contributed by atoms with Crippen LogP contribution in [-0.2, 0) is 16.1 Å². The van der Waals surface area contributed by atoms with Crippen molar-refractivity contribution in [1.29, 1.82) is 0 Å². The molecule has 1 heterocycles. The molecule has 1 unspecified atom stereocenters. The van der Waals surface area contributed by atoms with E-state index in [-0.39, 0.29) is 18.4 Å². The molecule has 0 aliphatic carbocycles. The fourth-order valence-corrected chi connectivity index (χ4v) is 2.46. The SMILES string of the molecule is CN(Cc1ccccc1)C(=O)CN1CCNCC1C(N)=O. The zero-order valence-electron chi connectivity index (χ0n) is 12.3. The van der Waals surface area contributed by atoms with Gasteiger partial charge in [-0.25, -0.2) is 0 Å². The van der Waals surface area contributed by atoms with Gasteiger partial charge in [-0.3, -0.25) is 14.5 Å². The number of hydrogen-bond acceptors (Lipinski definition) is 4. The third-order valence-electron chi connectivity index (χ3n) is 3.71. The van der Waals surface area contributed by atoms with Crippen LogP contribution < -0.4 is 11.1 Å². The highest BCUT2D eigenvalue weighted by Gasteiger charge is 2.28. The Morgan fingerprint density at radius 3 is 2.76 bits per heavy atom. The predicted octanol–water partition coefficient (Wildman–Crippen LogP) is -0.596. The quantitative estimate of drug-likeness (QED) is 0.759. The first-order chi connectivity index (χ1) is 10.1. The first kappa shape index (κ1) is 15.5. The number of amides is 2. The van der Waals surface area contributed by atoms with Gasteiger partial charge in [0.15, 0.2) is 0 Å². The van der Waals surface area contributed by atoms with Crippen molar-refractivity contribution in [1.82, 2.24) is 15.1 Å². The summed E-state index contributed by atoms with van der Waals surface area (Å²) in [6, 6.07) is 9.42. The van der Waals surface area contributed by atoms with Crippen molar-refractivity contribution >= 4 is 11.8 Å². The van der Waals surface area contributed by atoms with Gasteiger partial charge in [-0.15, -0.1) is 0 Å². The van der Waals surface area contributed by atoms with E-state index >= 15 is 0 Å². The van der Waals surface area contributed by atoms with Gasteiger partial charge in [0.2, 0.25) is 11.8 Å². The topological polar surface area (TPSA) is 78.7 Å². The Morgan fingerprint density at radius 2 is 2.10 bits per heavy atom. The van der Waals surface area contributed by atoms with Crippen LogP contribution in [0, 0.1) is 0 Å². The molecule has 2 amide bonds. The van der Waals surface area contributed by atoms with Gasteiger partial charge >= 0.3 is 0 Å². The summed E-state index contributed by atoms with van der Waals surface area (Å²) < 4.78 is 0. The number of likely N-dealkylation sites (N-methyl/N-ethyl adjacent to an activating group) is 1. The summed E-state index contributed by atoms with van der Waals surface area (Å²) in [7, 11) is 1.77. The Morgan fingerprint density at radius 1 is 1.38 bits per heavy atom. The van der Waals surface area contributed by atoms with E-state index in [9.17, 15) is 9.59 Å². The summed E-state index contributed by atoms with van der Waals surface area (Å²) in [5, 5.41) is 3.12. The number of carbonyl (C=O) groups excluding carboxylic acids is 2. The average Bonchev–Trinajstić information content (AvgIpc) is 2.48. The number of rotatable bonds is 5. The third-order valence-corrected chi connectivity index (χ3v) is 3.71. The molecule has 2 rings (SSSR count). The van der Waals surface area contributed by atoms with Gasteiger partial charge in [0, 0.05) is 33.2 Å². The average molecular weight is 290 g/mol. The molecule has 0 aromatic heterocycles. The molecular weight excluding hydrogens is 268 g/mol. The van der Waals surface area contributed by atoms with Crippen LogP contribution in [0.2, 0.25) is 0 Å². The Hall–Kier alpha value is -1.92. The maximum Gasteiger partial charge on any atom is 0.236 e. The van der Waals surface area contributed by atoms with E-state index in [2.05, 4.69) is 5.32 Å². The minimum absolute atomic E-state index is 0.00740. The summed E-state index contributed by atoms with van der Waals surface area (Å²) in [6.45, 7) is 2.70. The van der Waals surface area contributed by atoms with Crippen LogP contribution >= 0.6 is 0 Å². The van der Waals surface area contributed by atoms with Crippen molar-refractivity contribution < 1.29 is 9.59 Å². The highest BCUT2D eigenvalue weighted by molar-refractivity contribution is 5.82. The monoisotopic (exact) mass is 290 g/mol. The lowest BCUT2D eigenvalue weighted by atomic mass is 10.1. The van der Waals surface area contributed by atoms with Crippen molar-refractivity contribution in [2.24, 2.45) is 5.73 Å². The number of carbonyl (C=O) groups is 2. The molecule has 0 radical (unpaired) electrons. The summed E-state index contributed by atoms with van der Waals surface area (Å²) in [5.41, 5.74) is 6.47. The molecule has 1 aliphatic heterocycles. The summed E-state index contributed by atoms with van der Waals surface area (Å²) in [4.78, 5) is 27.2. The smallest absolute Gasteiger partial charge is 0.236 e. The number of nitrogens with two attached hydrogens (primary N) is 1. The van der Waals surface area contributed by atoms with Gasteiger partial charge in [0.05, 0.1) is 6.54 Å². The van der Waals surface area contributed by atoms with Crippen LogP contribution in [-0.4, -0.2) is 60.9 Å². The zero-order valence-corrected chi connectivity index (χ0v) is 12.3. The number of hydrogen-bond donors (Lipinski definition) is 2. The van der Waals surface area contributed by atoms with Crippen LogP contribution in [0.4, 0.5) is 0 Å². The molecule has 1 aromatic carbocycles. The zero-order chi connectivity index (χ0) is 15.2. The minimum Gasteiger partial charge on any atom is -0.368 e. The molecule has 0 bridgehead atoms. The normalized spacial score (nSPS) is 19.2. The van der Waals surface area contributed by atoms with Crippen molar-refractivity contribution in [2.75, 3.05) is 33.2 Å². The standard InChI is InChI=1S/C15H22N4O2/c1-18(10-12-5-3-2-4-6-12)14(20)11-19-8-7-17-9-13(19)15(16)21/h2-6,13,17H,7-11H2,1H3,(H2,16,21). The third kappa shape index (κ3) is 4.27. The molecule has 1 fully saturated rings. The van der Waals surface area contributed by atoms with Gasteiger partial charge in [-0.1, -0.05) is 30.3 Å². The molecule has 3 N–H and O–H groups in total. The number of piperazine rings is 1. The van der Waals surface area contributed by atoms with E-state index in [0.717, 1.165) is 12.1 Å². The van der Waals surface area contributed by atoms with Crippen LogP contribution in [0.1, 0.15) is 5.56 Å². The van der Waals surface area contributed by atoms with Gasteiger partial charge < -0.3 is 16.0 Å². The van der Waals surface area contributed by atoms with E-state index in [1.54, 1.807) is 11.9 Å². The fourth-order valence-electron chi connectivity index (χ4n) is 2.46. The van der Waals surface area contributed by atoms with Crippen LogP contribution in [0.3, 0.4) is 0 Å². The molecule has 6 nitrogen and oxygen atoms in total. The van der Waals surface area contributed by atoms with Crippen molar-refractivity contribution in [3.63, 3.8) is 0 Å². The first-order valence-corrected chi connectivity index (χ1v) is 7.10.